The minimum Gasteiger partial charge on any atom is -0.362 e. The number of aromatic nitrogens is 1. The van der Waals surface area contributed by atoms with E-state index < -0.39 is 23.5 Å². The van der Waals surface area contributed by atoms with Gasteiger partial charge in [-0.05, 0) is 42.8 Å². The average molecular weight is 400 g/mol. The van der Waals surface area contributed by atoms with E-state index in [9.17, 15) is 4.39 Å². The van der Waals surface area contributed by atoms with Crippen molar-refractivity contribution in [2.24, 2.45) is 0 Å². The second-order valence-electron chi connectivity index (χ2n) is 8.10. The lowest BCUT2D eigenvalue weighted by atomic mass is 9.66. The van der Waals surface area contributed by atoms with Crippen molar-refractivity contribution < 1.29 is 17.9 Å². The Hall–Kier alpha value is -2.31. The van der Waals surface area contributed by atoms with Gasteiger partial charge in [-0.2, -0.15) is 0 Å². The van der Waals surface area contributed by atoms with Gasteiger partial charge in [0.05, 0.1) is 12.3 Å². The minimum absolute atomic E-state index is 0.0805. The molecule has 0 amide bonds. The van der Waals surface area contributed by atoms with Gasteiger partial charge >= 0.3 is 0 Å². The molecule has 1 fully saturated rings. The molecule has 1 aromatic heterocycles. The quantitative estimate of drug-likeness (QED) is 0.657. The third-order valence-electron chi connectivity index (χ3n) is 6.74. The molecular weight excluding hydrogens is 377 g/mol. The molecule has 0 radical (unpaired) electrons. The van der Waals surface area contributed by atoms with Crippen LogP contribution in [0, 0.1) is 5.82 Å². The molecule has 152 valence electrons. The molecule has 0 saturated heterocycles. The van der Waals surface area contributed by atoms with E-state index in [0.717, 1.165) is 11.1 Å². The Kier molecular flexibility index (Phi) is 4.26. The van der Waals surface area contributed by atoms with Gasteiger partial charge in [-0.1, -0.05) is 30.3 Å². The standard InChI is InChI=1S/C23H23F3N2O/c1-27-22(14-5-3-2-4-6-14)12-19(25)23(20(26)13-22)21-16(9-10-29-23)17-11-15(24)7-8-18(17)28-21/h2-8,11,19-20,27-28H,9-10,12-13H2,1H3. The van der Waals surface area contributed by atoms with Gasteiger partial charge in [-0.15, -0.1) is 0 Å². The first-order chi connectivity index (χ1) is 14.0. The summed E-state index contributed by atoms with van der Waals surface area (Å²) in [6.07, 6.45) is -2.49. The number of ether oxygens (including phenoxy) is 1. The number of aromatic amines is 1. The summed E-state index contributed by atoms with van der Waals surface area (Å²) in [6.45, 7) is 0.204. The van der Waals surface area contributed by atoms with Crippen LogP contribution in [-0.2, 0) is 22.3 Å². The van der Waals surface area contributed by atoms with Gasteiger partial charge < -0.3 is 15.0 Å². The molecule has 1 spiro atoms. The molecule has 2 aromatic carbocycles. The highest BCUT2D eigenvalue weighted by Gasteiger charge is 2.61. The van der Waals surface area contributed by atoms with Crippen LogP contribution in [0.3, 0.4) is 0 Å². The van der Waals surface area contributed by atoms with Crippen LogP contribution in [0.5, 0.6) is 0 Å². The van der Waals surface area contributed by atoms with Crippen molar-refractivity contribution in [1.82, 2.24) is 10.3 Å². The Balaban J connectivity index is 1.62. The van der Waals surface area contributed by atoms with E-state index in [0.29, 0.717) is 23.0 Å². The van der Waals surface area contributed by atoms with Crippen molar-refractivity contribution in [1.29, 1.82) is 0 Å². The van der Waals surface area contributed by atoms with Crippen LogP contribution in [-0.4, -0.2) is 31.0 Å². The molecule has 3 nitrogen and oxygen atoms in total. The number of halogens is 3. The monoisotopic (exact) mass is 400 g/mol. The molecular formula is C23H23F3N2O. The highest BCUT2D eigenvalue weighted by molar-refractivity contribution is 5.85. The Bertz CT molecular complexity index is 1040. The highest BCUT2D eigenvalue weighted by atomic mass is 19.1. The smallest absolute Gasteiger partial charge is 0.170 e. The topological polar surface area (TPSA) is 37.0 Å². The molecule has 29 heavy (non-hydrogen) atoms. The predicted octanol–water partition coefficient (Wildman–Crippen LogP) is 4.66. The fourth-order valence-electron chi connectivity index (χ4n) is 5.24. The van der Waals surface area contributed by atoms with Crippen LogP contribution < -0.4 is 5.32 Å². The van der Waals surface area contributed by atoms with E-state index in [2.05, 4.69) is 10.3 Å². The molecule has 1 aliphatic heterocycles. The van der Waals surface area contributed by atoms with Gasteiger partial charge in [0.2, 0.25) is 0 Å². The Morgan fingerprint density at radius 3 is 2.48 bits per heavy atom. The minimum atomic E-state index is -1.70. The largest absolute Gasteiger partial charge is 0.362 e. The first-order valence-corrected chi connectivity index (χ1v) is 9.97. The Morgan fingerprint density at radius 2 is 1.79 bits per heavy atom. The normalized spacial score (nSPS) is 31.9. The third-order valence-corrected chi connectivity index (χ3v) is 6.74. The number of hydrogen-bond donors (Lipinski definition) is 2. The molecule has 6 heteroatoms. The molecule has 5 rings (SSSR count). The second-order valence-corrected chi connectivity index (χ2v) is 8.10. The van der Waals surface area contributed by atoms with Crippen LogP contribution in [0.15, 0.2) is 48.5 Å². The first-order valence-electron chi connectivity index (χ1n) is 9.97. The molecule has 2 atom stereocenters. The van der Waals surface area contributed by atoms with Crippen LogP contribution >= 0.6 is 0 Å². The van der Waals surface area contributed by atoms with Gasteiger partial charge in [-0.25, -0.2) is 13.2 Å². The summed E-state index contributed by atoms with van der Waals surface area (Å²) >= 11 is 0. The number of alkyl halides is 2. The number of H-pyrrole nitrogens is 1. The second kappa shape index (κ2) is 6.61. The number of fused-ring (bicyclic) bond motifs is 4. The lowest BCUT2D eigenvalue weighted by Crippen LogP contribution is -2.61. The lowest BCUT2D eigenvalue weighted by Gasteiger charge is -2.51. The van der Waals surface area contributed by atoms with Gasteiger partial charge in [0.1, 0.15) is 18.2 Å². The fraction of sp³-hybridized carbons (Fsp3) is 0.391. The SMILES string of the molecule is CNC1(c2ccccc2)CC(F)C2(OCCc3c2[nH]c2ccc(F)cc32)C(F)C1. The summed E-state index contributed by atoms with van der Waals surface area (Å²) in [4.78, 5) is 3.16. The summed E-state index contributed by atoms with van der Waals surface area (Å²) in [7, 11) is 1.74. The predicted molar refractivity (Wildman–Crippen MR) is 106 cm³/mol. The molecule has 3 aromatic rings. The van der Waals surface area contributed by atoms with Crippen molar-refractivity contribution in [3.63, 3.8) is 0 Å². The number of rotatable bonds is 2. The van der Waals surface area contributed by atoms with Crippen LogP contribution in [0.4, 0.5) is 13.2 Å². The Labute approximate surface area is 167 Å². The summed E-state index contributed by atoms with van der Waals surface area (Å²) < 4.78 is 51.6. The maximum atomic E-state index is 15.9. The molecule has 1 aliphatic carbocycles. The summed E-state index contributed by atoms with van der Waals surface area (Å²) in [5.41, 5.74) is 0.198. The zero-order chi connectivity index (χ0) is 20.2. The van der Waals surface area contributed by atoms with Crippen LogP contribution in [0.2, 0.25) is 0 Å². The number of benzene rings is 2. The van der Waals surface area contributed by atoms with Gasteiger partial charge in [0.15, 0.2) is 5.60 Å². The van der Waals surface area contributed by atoms with E-state index in [1.165, 1.54) is 12.1 Å². The Morgan fingerprint density at radius 1 is 1.07 bits per heavy atom. The van der Waals surface area contributed by atoms with Crippen LogP contribution in [0.1, 0.15) is 29.7 Å². The van der Waals surface area contributed by atoms with E-state index in [1.54, 1.807) is 13.1 Å². The molecule has 2 N–H and O–H groups in total. The maximum absolute atomic E-state index is 15.9. The van der Waals surface area contributed by atoms with Crippen LogP contribution in [0.25, 0.3) is 10.9 Å². The van der Waals surface area contributed by atoms with Crippen molar-refractivity contribution in [3.05, 3.63) is 71.2 Å². The van der Waals surface area contributed by atoms with E-state index in [1.807, 2.05) is 30.3 Å². The molecule has 1 saturated carbocycles. The number of nitrogens with one attached hydrogen (secondary N) is 2. The van der Waals surface area contributed by atoms with E-state index >= 15 is 8.78 Å². The zero-order valence-electron chi connectivity index (χ0n) is 16.1. The summed E-state index contributed by atoms with van der Waals surface area (Å²) in [5, 5.41) is 3.86. The summed E-state index contributed by atoms with van der Waals surface area (Å²) in [6, 6.07) is 13.8. The lowest BCUT2D eigenvalue weighted by molar-refractivity contribution is -0.189. The van der Waals surface area contributed by atoms with Crippen molar-refractivity contribution in [2.75, 3.05) is 13.7 Å². The first kappa shape index (κ1) is 18.7. The zero-order valence-corrected chi connectivity index (χ0v) is 16.1. The van der Waals surface area contributed by atoms with Crippen molar-refractivity contribution in [3.8, 4) is 0 Å². The van der Waals surface area contributed by atoms with Crippen molar-refractivity contribution >= 4 is 10.9 Å². The van der Waals surface area contributed by atoms with Gasteiger partial charge in [0, 0.05) is 29.3 Å². The summed E-state index contributed by atoms with van der Waals surface area (Å²) in [5.74, 6) is -0.365. The molecule has 2 unspecified atom stereocenters. The van der Waals surface area contributed by atoms with Crippen molar-refractivity contribution in [2.45, 2.75) is 42.7 Å². The molecule has 0 bridgehead atoms. The third kappa shape index (κ3) is 2.58. The average Bonchev–Trinajstić information content (AvgIpc) is 3.11. The molecule has 2 aliphatic rings. The van der Waals surface area contributed by atoms with Gasteiger partial charge in [-0.3, -0.25) is 0 Å². The number of hydrogen-bond acceptors (Lipinski definition) is 2. The van der Waals surface area contributed by atoms with Gasteiger partial charge in [0.25, 0.3) is 0 Å². The highest BCUT2D eigenvalue weighted by Crippen LogP contribution is 2.53. The molecule has 2 heterocycles. The van der Waals surface area contributed by atoms with E-state index in [-0.39, 0.29) is 25.3 Å². The fourth-order valence-corrected chi connectivity index (χ4v) is 5.24. The van der Waals surface area contributed by atoms with E-state index in [4.69, 9.17) is 4.74 Å². The maximum Gasteiger partial charge on any atom is 0.170 e.